The van der Waals surface area contributed by atoms with Crippen LogP contribution in [0.2, 0.25) is 0 Å². The van der Waals surface area contributed by atoms with Crippen molar-refractivity contribution in [2.24, 2.45) is 11.8 Å². The number of carbonyl (C=O) groups is 3. The Morgan fingerprint density at radius 3 is 2.14 bits per heavy atom. The highest BCUT2D eigenvalue weighted by molar-refractivity contribution is 6.07. The van der Waals surface area contributed by atoms with E-state index in [1.807, 2.05) is 30.3 Å². The van der Waals surface area contributed by atoms with Gasteiger partial charge in [0.25, 0.3) is 0 Å². The number of imide groups is 1. The molecule has 2 amide bonds. The maximum absolute atomic E-state index is 12.5. The molecule has 2 aliphatic rings. The van der Waals surface area contributed by atoms with Crippen LogP contribution in [0, 0.1) is 11.8 Å². The molecule has 5 nitrogen and oxygen atoms in total. The number of rotatable bonds is 4. The first-order chi connectivity index (χ1) is 10.6. The van der Waals surface area contributed by atoms with Crippen LogP contribution in [0.3, 0.4) is 0 Å². The summed E-state index contributed by atoms with van der Waals surface area (Å²) in [5.74, 6) is -2.32. The fourth-order valence-electron chi connectivity index (χ4n) is 3.62. The minimum Gasteiger partial charge on any atom is -0.480 e. The molecule has 0 unspecified atom stereocenters. The standard InChI is InChI=1S/C17H19NO4/c19-15-12-8-4-5-9-13(12)16(20)18(15)14(17(21)22)10-11-6-2-1-3-7-11/h1-3,6-7,12-14H,4-5,8-10H2,(H,21,22)/t12-,13-,14-/m0/s1. The second-order valence-corrected chi connectivity index (χ2v) is 6.09. The van der Waals surface area contributed by atoms with E-state index < -0.39 is 12.0 Å². The molecule has 2 fully saturated rings. The lowest BCUT2D eigenvalue weighted by Gasteiger charge is -2.23. The Balaban J connectivity index is 1.86. The molecule has 1 aromatic carbocycles. The molecule has 0 bridgehead atoms. The maximum atomic E-state index is 12.5. The quantitative estimate of drug-likeness (QED) is 0.861. The van der Waals surface area contributed by atoms with Crippen LogP contribution in [0.15, 0.2) is 30.3 Å². The number of nitrogens with zero attached hydrogens (tertiary/aromatic N) is 1. The van der Waals surface area contributed by atoms with E-state index in [9.17, 15) is 19.5 Å². The molecule has 1 aliphatic carbocycles. The monoisotopic (exact) mass is 301 g/mol. The molecule has 0 spiro atoms. The van der Waals surface area contributed by atoms with Crippen LogP contribution in [-0.2, 0) is 20.8 Å². The van der Waals surface area contributed by atoms with Gasteiger partial charge in [-0.1, -0.05) is 43.2 Å². The molecule has 1 saturated carbocycles. The van der Waals surface area contributed by atoms with E-state index in [2.05, 4.69) is 0 Å². The molecule has 0 radical (unpaired) electrons. The first kappa shape index (κ1) is 14.8. The number of fused-ring (bicyclic) bond motifs is 1. The van der Waals surface area contributed by atoms with Crippen molar-refractivity contribution in [3.63, 3.8) is 0 Å². The topological polar surface area (TPSA) is 74.7 Å². The Labute approximate surface area is 128 Å². The summed E-state index contributed by atoms with van der Waals surface area (Å²) in [4.78, 5) is 37.7. The number of carbonyl (C=O) groups excluding carboxylic acids is 2. The molecule has 1 saturated heterocycles. The molecular weight excluding hydrogens is 282 g/mol. The van der Waals surface area contributed by atoms with Crippen molar-refractivity contribution in [2.45, 2.75) is 38.1 Å². The second-order valence-electron chi connectivity index (χ2n) is 6.09. The van der Waals surface area contributed by atoms with Crippen LogP contribution in [0.1, 0.15) is 31.2 Å². The van der Waals surface area contributed by atoms with E-state index >= 15 is 0 Å². The van der Waals surface area contributed by atoms with Crippen molar-refractivity contribution in [3.8, 4) is 0 Å². The van der Waals surface area contributed by atoms with Crippen molar-refractivity contribution >= 4 is 17.8 Å². The molecule has 1 aromatic rings. The molecule has 5 heteroatoms. The summed E-state index contributed by atoms with van der Waals surface area (Å²) in [5, 5.41) is 9.52. The first-order valence-corrected chi connectivity index (χ1v) is 7.73. The zero-order valence-corrected chi connectivity index (χ0v) is 12.3. The van der Waals surface area contributed by atoms with Gasteiger partial charge in [0.2, 0.25) is 11.8 Å². The Kier molecular flexibility index (Phi) is 3.96. The minimum atomic E-state index is -1.12. The molecule has 22 heavy (non-hydrogen) atoms. The zero-order chi connectivity index (χ0) is 15.7. The molecule has 1 N–H and O–H groups in total. The van der Waals surface area contributed by atoms with Crippen LogP contribution >= 0.6 is 0 Å². The summed E-state index contributed by atoms with van der Waals surface area (Å²) in [7, 11) is 0. The van der Waals surface area contributed by atoms with E-state index in [0.29, 0.717) is 12.8 Å². The fourth-order valence-corrected chi connectivity index (χ4v) is 3.62. The first-order valence-electron chi connectivity index (χ1n) is 7.73. The van der Waals surface area contributed by atoms with Crippen LogP contribution in [0.25, 0.3) is 0 Å². The maximum Gasteiger partial charge on any atom is 0.327 e. The van der Waals surface area contributed by atoms with Gasteiger partial charge < -0.3 is 5.11 Å². The molecule has 0 aromatic heterocycles. The zero-order valence-electron chi connectivity index (χ0n) is 12.3. The van der Waals surface area contributed by atoms with Crippen molar-refractivity contribution in [1.29, 1.82) is 0 Å². The highest BCUT2D eigenvalue weighted by atomic mass is 16.4. The summed E-state index contributed by atoms with van der Waals surface area (Å²) in [6.45, 7) is 0. The Bertz CT molecular complexity index is 574. The van der Waals surface area contributed by atoms with Gasteiger partial charge in [0.05, 0.1) is 11.8 Å². The van der Waals surface area contributed by atoms with E-state index in [-0.39, 0.29) is 30.1 Å². The average molecular weight is 301 g/mol. The highest BCUT2D eigenvalue weighted by Crippen LogP contribution is 2.39. The molecule has 3 atom stereocenters. The van der Waals surface area contributed by atoms with Crippen LogP contribution in [0.5, 0.6) is 0 Å². The molecule has 1 aliphatic heterocycles. The average Bonchev–Trinajstić information content (AvgIpc) is 2.78. The third-order valence-corrected chi connectivity index (χ3v) is 4.74. The summed E-state index contributed by atoms with van der Waals surface area (Å²) in [5.41, 5.74) is 0.811. The van der Waals surface area contributed by atoms with Gasteiger partial charge in [-0.3, -0.25) is 14.5 Å². The minimum absolute atomic E-state index is 0.160. The summed E-state index contributed by atoms with van der Waals surface area (Å²) >= 11 is 0. The SMILES string of the molecule is O=C(O)[C@H](Cc1ccccc1)N1C(=O)[C@H]2CCCC[C@@H]2C1=O. The summed E-state index contributed by atoms with van der Waals surface area (Å²) in [6.07, 6.45) is 3.43. The van der Waals surface area contributed by atoms with Gasteiger partial charge >= 0.3 is 5.97 Å². The molecule has 3 rings (SSSR count). The molecule has 1 heterocycles. The van der Waals surface area contributed by atoms with Gasteiger partial charge in [0.15, 0.2) is 0 Å². The summed E-state index contributed by atoms with van der Waals surface area (Å²) in [6, 6.07) is 8.01. The largest absolute Gasteiger partial charge is 0.480 e. The van der Waals surface area contributed by atoms with E-state index in [0.717, 1.165) is 23.3 Å². The van der Waals surface area contributed by atoms with E-state index in [1.54, 1.807) is 0 Å². The van der Waals surface area contributed by atoms with Gasteiger partial charge in [0, 0.05) is 6.42 Å². The van der Waals surface area contributed by atoms with Crippen molar-refractivity contribution in [3.05, 3.63) is 35.9 Å². The number of benzene rings is 1. The number of aliphatic carboxylic acids is 1. The fraction of sp³-hybridized carbons (Fsp3) is 0.471. The Hall–Kier alpha value is -2.17. The highest BCUT2D eigenvalue weighted by Gasteiger charge is 2.51. The number of carboxylic acid groups (broad SMARTS) is 1. The number of likely N-dealkylation sites (tertiary alicyclic amines) is 1. The summed E-state index contributed by atoms with van der Waals surface area (Å²) < 4.78 is 0. The van der Waals surface area contributed by atoms with E-state index in [4.69, 9.17) is 0 Å². The van der Waals surface area contributed by atoms with Crippen molar-refractivity contribution in [2.75, 3.05) is 0 Å². The third kappa shape index (κ3) is 2.51. The molecular formula is C17H19NO4. The predicted octanol–water partition coefficient (Wildman–Crippen LogP) is 1.86. The smallest absolute Gasteiger partial charge is 0.327 e. The number of carboxylic acids is 1. The van der Waals surface area contributed by atoms with Crippen molar-refractivity contribution in [1.82, 2.24) is 4.90 Å². The van der Waals surface area contributed by atoms with Gasteiger partial charge in [-0.05, 0) is 18.4 Å². The number of amides is 2. The second kappa shape index (κ2) is 5.91. The predicted molar refractivity (Wildman–Crippen MR) is 78.9 cm³/mol. The Morgan fingerprint density at radius 2 is 1.64 bits per heavy atom. The van der Waals surface area contributed by atoms with Gasteiger partial charge in [-0.25, -0.2) is 4.79 Å². The van der Waals surface area contributed by atoms with Crippen molar-refractivity contribution < 1.29 is 19.5 Å². The Morgan fingerprint density at radius 1 is 1.09 bits per heavy atom. The van der Waals surface area contributed by atoms with Gasteiger partial charge in [-0.15, -0.1) is 0 Å². The molecule has 116 valence electrons. The van der Waals surface area contributed by atoms with Crippen LogP contribution in [0.4, 0.5) is 0 Å². The lowest BCUT2D eigenvalue weighted by Crippen LogP contribution is -2.46. The lowest BCUT2D eigenvalue weighted by atomic mass is 9.81. The lowest BCUT2D eigenvalue weighted by molar-refractivity contribution is -0.155. The third-order valence-electron chi connectivity index (χ3n) is 4.74. The number of hydrogen-bond acceptors (Lipinski definition) is 3. The van der Waals surface area contributed by atoms with E-state index in [1.165, 1.54) is 0 Å². The van der Waals surface area contributed by atoms with Crippen LogP contribution < -0.4 is 0 Å². The normalized spacial score (nSPS) is 25.9. The van der Waals surface area contributed by atoms with Gasteiger partial charge in [0.1, 0.15) is 6.04 Å². The number of hydrogen-bond donors (Lipinski definition) is 1. The van der Waals surface area contributed by atoms with Gasteiger partial charge in [-0.2, -0.15) is 0 Å². The van der Waals surface area contributed by atoms with Crippen LogP contribution in [-0.4, -0.2) is 33.8 Å².